The summed E-state index contributed by atoms with van der Waals surface area (Å²) in [5, 5.41) is 6.78. The monoisotopic (exact) mass is 411 g/mol. The van der Waals surface area contributed by atoms with Crippen molar-refractivity contribution >= 4 is 10.0 Å². The fourth-order valence-corrected chi connectivity index (χ4v) is 4.79. The lowest BCUT2D eigenvalue weighted by Crippen LogP contribution is -2.31. The number of aromatic nitrogens is 2. The van der Waals surface area contributed by atoms with Crippen molar-refractivity contribution in [2.45, 2.75) is 23.7 Å². The maximum absolute atomic E-state index is 13.3. The number of nitrogens with one attached hydrogen (secondary N) is 1. The van der Waals surface area contributed by atoms with Crippen molar-refractivity contribution in [1.29, 1.82) is 0 Å². The lowest BCUT2D eigenvalue weighted by molar-refractivity contribution is -0.137. The van der Waals surface area contributed by atoms with E-state index in [0.29, 0.717) is 16.8 Å². The fourth-order valence-electron chi connectivity index (χ4n) is 3.23. The van der Waals surface area contributed by atoms with Crippen molar-refractivity contribution in [2.75, 3.05) is 0 Å². The Morgan fingerprint density at radius 3 is 2.29 bits per heavy atom. The number of aromatic amines is 1. The quantitative estimate of drug-likeness (QED) is 0.666. The van der Waals surface area contributed by atoms with E-state index in [2.05, 4.69) is 10.2 Å². The Morgan fingerprint density at radius 2 is 1.68 bits per heavy atom. The maximum Gasteiger partial charge on any atom is 0.416 e. The van der Waals surface area contributed by atoms with Gasteiger partial charge >= 0.3 is 6.18 Å². The summed E-state index contributed by atoms with van der Waals surface area (Å²) < 4.78 is 79.0. The van der Waals surface area contributed by atoms with Gasteiger partial charge < -0.3 is 0 Å². The molecule has 28 heavy (non-hydrogen) atoms. The first-order valence-electron chi connectivity index (χ1n) is 8.15. The second-order valence-corrected chi connectivity index (χ2v) is 8.21. The Hall–Kier alpha value is -2.72. The van der Waals surface area contributed by atoms with Crippen LogP contribution >= 0.6 is 0 Å². The van der Waals surface area contributed by atoms with E-state index in [-0.39, 0.29) is 11.4 Å². The van der Waals surface area contributed by atoms with E-state index in [0.717, 1.165) is 28.6 Å². The smallest absolute Gasteiger partial charge is 0.285 e. The van der Waals surface area contributed by atoms with Gasteiger partial charge in [-0.2, -0.15) is 22.6 Å². The highest BCUT2D eigenvalue weighted by atomic mass is 32.2. The molecule has 0 spiro atoms. The normalized spacial score (nSPS) is 17.6. The minimum Gasteiger partial charge on any atom is -0.285 e. The van der Waals surface area contributed by atoms with E-state index >= 15 is 0 Å². The summed E-state index contributed by atoms with van der Waals surface area (Å²) in [5.74, 6) is -0.471. The molecule has 0 saturated heterocycles. The second-order valence-electron chi connectivity index (χ2n) is 6.32. The van der Waals surface area contributed by atoms with E-state index in [1.165, 1.54) is 24.3 Å². The van der Waals surface area contributed by atoms with Gasteiger partial charge in [-0.3, -0.25) is 5.10 Å². The topological polar surface area (TPSA) is 66.1 Å². The molecule has 0 bridgehead atoms. The van der Waals surface area contributed by atoms with Crippen LogP contribution in [0.2, 0.25) is 0 Å². The number of nitrogens with zero attached hydrogens (tertiary/aromatic N) is 2. The molecule has 1 unspecified atom stereocenters. The van der Waals surface area contributed by atoms with Crippen molar-refractivity contribution in [3.05, 3.63) is 82.9 Å². The predicted molar refractivity (Wildman–Crippen MR) is 91.0 cm³/mol. The molecule has 5 nitrogen and oxygen atoms in total. The van der Waals surface area contributed by atoms with Gasteiger partial charge in [0, 0.05) is 18.3 Å². The minimum atomic E-state index is -4.56. The number of hydrogen-bond donors (Lipinski definition) is 1. The lowest BCUT2D eigenvalue weighted by atomic mass is 10.0. The molecule has 1 aliphatic rings. The summed E-state index contributed by atoms with van der Waals surface area (Å²) in [6.07, 6.45) is -3.00. The summed E-state index contributed by atoms with van der Waals surface area (Å²) in [5.41, 5.74) is 0.686. The van der Waals surface area contributed by atoms with Crippen LogP contribution in [-0.4, -0.2) is 22.9 Å². The van der Waals surface area contributed by atoms with Crippen LogP contribution in [0.3, 0.4) is 0 Å². The molecular formula is C18H13F4N3O2S. The average Bonchev–Trinajstić information content (AvgIpc) is 3.23. The molecule has 0 radical (unpaired) electrons. The van der Waals surface area contributed by atoms with Gasteiger partial charge in [0.05, 0.1) is 22.2 Å². The molecule has 1 N–H and O–H groups in total. The third-order valence-electron chi connectivity index (χ3n) is 4.60. The molecule has 4 rings (SSSR count). The zero-order chi connectivity index (χ0) is 20.1. The number of fused-ring (bicyclic) bond motifs is 1. The Balaban J connectivity index is 1.76. The Bertz CT molecular complexity index is 1110. The van der Waals surface area contributed by atoms with Crippen LogP contribution in [0, 0.1) is 5.82 Å². The number of halogens is 4. The molecule has 0 amide bonds. The van der Waals surface area contributed by atoms with E-state index in [1.807, 2.05) is 0 Å². The summed E-state index contributed by atoms with van der Waals surface area (Å²) in [6, 6.07) is 7.85. The molecule has 1 aliphatic heterocycles. The SMILES string of the molecule is O=S(=O)(c1ccc(C(F)(F)F)cc1)N1Cc2c[nH]nc2C1c1ccc(F)cc1. The first kappa shape index (κ1) is 18.6. The largest absolute Gasteiger partial charge is 0.416 e. The van der Waals surface area contributed by atoms with Gasteiger partial charge in [0.15, 0.2) is 0 Å². The zero-order valence-corrected chi connectivity index (χ0v) is 14.9. The molecule has 0 saturated carbocycles. The Labute approximate surface area is 157 Å². The summed E-state index contributed by atoms with van der Waals surface area (Å²) in [6.45, 7) is -0.00275. The third kappa shape index (κ3) is 3.08. The van der Waals surface area contributed by atoms with Gasteiger partial charge in [-0.05, 0) is 42.0 Å². The number of rotatable bonds is 3. The molecule has 1 aromatic heterocycles. The van der Waals surface area contributed by atoms with E-state index < -0.39 is 33.6 Å². The molecule has 0 aliphatic carbocycles. The standard InChI is InChI=1S/C18H13F4N3O2S/c19-14-5-1-11(2-6-14)17-16-12(9-23-24-16)10-25(17)28(26,27)15-7-3-13(4-8-15)18(20,21)22/h1-9,17H,10H2,(H,23,24). The van der Waals surface area contributed by atoms with Crippen molar-refractivity contribution in [1.82, 2.24) is 14.5 Å². The van der Waals surface area contributed by atoms with Gasteiger partial charge in [-0.1, -0.05) is 12.1 Å². The van der Waals surface area contributed by atoms with Crippen LogP contribution < -0.4 is 0 Å². The van der Waals surface area contributed by atoms with Crippen molar-refractivity contribution in [3.63, 3.8) is 0 Å². The van der Waals surface area contributed by atoms with Crippen LogP contribution in [0.15, 0.2) is 59.6 Å². The molecule has 3 aromatic rings. The fraction of sp³-hybridized carbons (Fsp3) is 0.167. The third-order valence-corrected chi connectivity index (χ3v) is 6.43. The molecule has 1 atom stereocenters. The van der Waals surface area contributed by atoms with E-state index in [1.54, 1.807) is 6.20 Å². The van der Waals surface area contributed by atoms with Crippen LogP contribution in [0.4, 0.5) is 17.6 Å². The lowest BCUT2D eigenvalue weighted by Gasteiger charge is -2.24. The van der Waals surface area contributed by atoms with Gasteiger partial charge in [0.25, 0.3) is 0 Å². The first-order chi connectivity index (χ1) is 13.2. The molecule has 10 heteroatoms. The first-order valence-corrected chi connectivity index (χ1v) is 9.59. The number of benzene rings is 2. The molecule has 2 aromatic carbocycles. The van der Waals surface area contributed by atoms with Crippen LogP contribution in [0.25, 0.3) is 0 Å². The molecular weight excluding hydrogens is 398 g/mol. The number of sulfonamides is 1. The molecule has 0 fully saturated rings. The van der Waals surface area contributed by atoms with Gasteiger partial charge in [-0.25, -0.2) is 12.8 Å². The Morgan fingerprint density at radius 1 is 1.04 bits per heavy atom. The predicted octanol–water partition coefficient (Wildman–Crippen LogP) is 3.86. The highest BCUT2D eigenvalue weighted by molar-refractivity contribution is 7.89. The van der Waals surface area contributed by atoms with Gasteiger partial charge in [-0.15, -0.1) is 0 Å². The van der Waals surface area contributed by atoms with Crippen molar-refractivity contribution < 1.29 is 26.0 Å². The second kappa shape index (κ2) is 6.42. The zero-order valence-electron chi connectivity index (χ0n) is 14.1. The highest BCUT2D eigenvalue weighted by Crippen LogP contribution is 2.41. The van der Waals surface area contributed by atoms with E-state index in [9.17, 15) is 26.0 Å². The maximum atomic E-state index is 13.3. The van der Waals surface area contributed by atoms with Crippen LogP contribution in [0.5, 0.6) is 0 Å². The number of hydrogen-bond acceptors (Lipinski definition) is 3. The van der Waals surface area contributed by atoms with Crippen molar-refractivity contribution in [3.8, 4) is 0 Å². The summed E-state index contributed by atoms with van der Waals surface area (Å²) in [7, 11) is -4.13. The highest BCUT2D eigenvalue weighted by Gasteiger charge is 2.42. The van der Waals surface area contributed by atoms with E-state index in [4.69, 9.17) is 0 Å². The number of alkyl halides is 3. The summed E-state index contributed by atoms with van der Waals surface area (Å²) >= 11 is 0. The van der Waals surface area contributed by atoms with Crippen LogP contribution in [0.1, 0.15) is 28.4 Å². The minimum absolute atomic E-state index is 0.00275. The number of H-pyrrole nitrogens is 1. The van der Waals surface area contributed by atoms with Gasteiger partial charge in [0.1, 0.15) is 5.82 Å². The van der Waals surface area contributed by atoms with Gasteiger partial charge in [0.2, 0.25) is 10.0 Å². The molecule has 2 heterocycles. The average molecular weight is 411 g/mol. The van der Waals surface area contributed by atoms with Crippen LogP contribution in [-0.2, 0) is 22.7 Å². The molecule has 146 valence electrons. The summed E-state index contributed by atoms with van der Waals surface area (Å²) in [4.78, 5) is -0.262. The Kier molecular flexibility index (Phi) is 4.27. The van der Waals surface area contributed by atoms with Crippen molar-refractivity contribution in [2.24, 2.45) is 0 Å².